The van der Waals surface area contributed by atoms with Crippen molar-refractivity contribution in [2.75, 3.05) is 25.0 Å². The smallest absolute Gasteiger partial charge is 0.376 e. The van der Waals surface area contributed by atoms with Crippen molar-refractivity contribution < 1.29 is 27.5 Å². The van der Waals surface area contributed by atoms with Crippen molar-refractivity contribution >= 4 is 17.5 Å². The average molecular weight is 448 g/mol. The highest BCUT2D eigenvalue weighted by Gasteiger charge is 2.31. The number of halogens is 3. The Kier molecular flexibility index (Phi) is 7.56. The van der Waals surface area contributed by atoms with Gasteiger partial charge >= 0.3 is 6.18 Å². The standard InChI is InChI=1S/C24H27F3N2O3/c1-16-6-3-10-21(17(16)2)28-22(30)15-29(14-20-9-5-11-32-20)23(31)13-18-7-4-8-19(12-18)24(25,26)27/h3-4,6-8,10,12,20H,5,9,11,13-15H2,1-2H3,(H,28,30). The van der Waals surface area contributed by atoms with Gasteiger partial charge in [0, 0.05) is 18.8 Å². The lowest BCUT2D eigenvalue weighted by molar-refractivity contribution is -0.138. The first-order valence-electron chi connectivity index (χ1n) is 10.5. The first-order chi connectivity index (χ1) is 15.1. The molecule has 0 radical (unpaired) electrons. The van der Waals surface area contributed by atoms with E-state index in [4.69, 9.17) is 4.74 Å². The molecule has 2 aromatic carbocycles. The summed E-state index contributed by atoms with van der Waals surface area (Å²) in [7, 11) is 0. The quantitative estimate of drug-likeness (QED) is 0.678. The van der Waals surface area contributed by atoms with E-state index in [1.807, 2.05) is 26.0 Å². The number of rotatable bonds is 7. The van der Waals surface area contributed by atoms with E-state index >= 15 is 0 Å². The van der Waals surface area contributed by atoms with E-state index < -0.39 is 17.6 Å². The third-order valence-corrected chi connectivity index (χ3v) is 5.62. The number of carbonyl (C=O) groups excluding carboxylic acids is 2. The predicted molar refractivity (Wildman–Crippen MR) is 115 cm³/mol. The van der Waals surface area contributed by atoms with E-state index in [0.29, 0.717) is 12.3 Å². The first-order valence-corrected chi connectivity index (χ1v) is 10.5. The fourth-order valence-electron chi connectivity index (χ4n) is 3.68. The summed E-state index contributed by atoms with van der Waals surface area (Å²) in [5.41, 5.74) is 2.07. The van der Waals surface area contributed by atoms with Crippen LogP contribution in [0, 0.1) is 13.8 Å². The molecule has 0 saturated carbocycles. The van der Waals surface area contributed by atoms with Gasteiger partial charge in [0.25, 0.3) is 0 Å². The molecule has 0 spiro atoms. The summed E-state index contributed by atoms with van der Waals surface area (Å²) in [6.07, 6.45) is -3.26. The van der Waals surface area contributed by atoms with Crippen LogP contribution in [0.25, 0.3) is 0 Å². The molecule has 0 aromatic heterocycles. The molecule has 1 N–H and O–H groups in total. The number of ether oxygens (including phenoxy) is 1. The molecular formula is C24H27F3N2O3. The number of nitrogens with zero attached hydrogens (tertiary/aromatic N) is 1. The van der Waals surface area contributed by atoms with Crippen LogP contribution in [0.2, 0.25) is 0 Å². The van der Waals surface area contributed by atoms with Gasteiger partial charge in [-0.05, 0) is 55.5 Å². The van der Waals surface area contributed by atoms with Crippen molar-refractivity contribution in [1.29, 1.82) is 0 Å². The molecule has 1 aliphatic heterocycles. The lowest BCUT2D eigenvalue weighted by atomic mass is 10.1. The first kappa shape index (κ1) is 23.8. The summed E-state index contributed by atoms with van der Waals surface area (Å²) >= 11 is 0. The maximum Gasteiger partial charge on any atom is 0.416 e. The molecule has 0 bridgehead atoms. The maximum atomic E-state index is 13.0. The Balaban J connectivity index is 1.72. The molecule has 1 unspecified atom stereocenters. The molecule has 1 heterocycles. The Labute approximate surface area is 185 Å². The predicted octanol–water partition coefficient (Wildman–Crippen LogP) is 4.51. The molecule has 5 nitrogen and oxygen atoms in total. The Hall–Kier alpha value is -2.87. The number of anilines is 1. The van der Waals surface area contributed by atoms with E-state index in [-0.39, 0.29) is 37.1 Å². The highest BCUT2D eigenvalue weighted by atomic mass is 19.4. The summed E-state index contributed by atoms with van der Waals surface area (Å²) in [6, 6.07) is 10.3. The number of hydrogen-bond donors (Lipinski definition) is 1. The molecule has 1 saturated heterocycles. The Bertz CT molecular complexity index is 969. The number of alkyl halides is 3. The van der Waals surface area contributed by atoms with Gasteiger partial charge in [-0.1, -0.05) is 30.3 Å². The van der Waals surface area contributed by atoms with Gasteiger partial charge in [0.05, 0.1) is 24.6 Å². The monoisotopic (exact) mass is 448 g/mol. The Morgan fingerprint density at radius 3 is 2.59 bits per heavy atom. The topological polar surface area (TPSA) is 58.6 Å². The lowest BCUT2D eigenvalue weighted by Gasteiger charge is -2.25. The van der Waals surface area contributed by atoms with Crippen molar-refractivity contribution in [2.45, 2.75) is 45.4 Å². The van der Waals surface area contributed by atoms with E-state index in [0.717, 1.165) is 36.1 Å². The summed E-state index contributed by atoms with van der Waals surface area (Å²) in [6.45, 7) is 4.44. The van der Waals surface area contributed by atoms with Gasteiger partial charge in [-0.25, -0.2) is 0 Å². The minimum Gasteiger partial charge on any atom is -0.376 e. The summed E-state index contributed by atoms with van der Waals surface area (Å²) in [5, 5.41) is 2.83. The third kappa shape index (κ3) is 6.32. The number of amides is 2. The highest BCUT2D eigenvalue weighted by Crippen LogP contribution is 2.29. The normalized spacial score (nSPS) is 16.1. The molecule has 1 atom stereocenters. The van der Waals surface area contributed by atoms with Gasteiger partial charge in [0.2, 0.25) is 11.8 Å². The van der Waals surface area contributed by atoms with Crippen LogP contribution in [-0.4, -0.2) is 42.5 Å². The van der Waals surface area contributed by atoms with Crippen LogP contribution in [0.5, 0.6) is 0 Å². The third-order valence-electron chi connectivity index (χ3n) is 5.62. The van der Waals surface area contributed by atoms with Gasteiger partial charge in [-0.15, -0.1) is 0 Å². The maximum absolute atomic E-state index is 13.0. The van der Waals surface area contributed by atoms with Crippen LogP contribution in [-0.2, 0) is 26.9 Å². The van der Waals surface area contributed by atoms with Crippen LogP contribution < -0.4 is 5.32 Å². The molecule has 1 fully saturated rings. The average Bonchev–Trinajstić information content (AvgIpc) is 3.24. The zero-order chi connectivity index (χ0) is 23.3. The minimum atomic E-state index is -4.48. The van der Waals surface area contributed by atoms with Gasteiger partial charge in [-0.3, -0.25) is 9.59 Å². The summed E-state index contributed by atoms with van der Waals surface area (Å²) in [4.78, 5) is 27.1. The number of aryl methyl sites for hydroxylation is 1. The van der Waals surface area contributed by atoms with Crippen molar-refractivity contribution in [3.8, 4) is 0 Å². The van der Waals surface area contributed by atoms with E-state index in [2.05, 4.69) is 5.32 Å². The van der Waals surface area contributed by atoms with Crippen LogP contribution in [0.3, 0.4) is 0 Å². The lowest BCUT2D eigenvalue weighted by Crippen LogP contribution is -2.43. The Morgan fingerprint density at radius 2 is 1.91 bits per heavy atom. The Morgan fingerprint density at radius 1 is 1.16 bits per heavy atom. The zero-order valence-electron chi connectivity index (χ0n) is 18.2. The second-order valence-corrected chi connectivity index (χ2v) is 8.08. The molecule has 1 aliphatic rings. The van der Waals surface area contributed by atoms with E-state index in [1.165, 1.54) is 17.0 Å². The molecule has 2 aromatic rings. The fraction of sp³-hybridized carbons (Fsp3) is 0.417. The molecule has 2 amide bonds. The van der Waals surface area contributed by atoms with Crippen molar-refractivity contribution in [2.24, 2.45) is 0 Å². The fourth-order valence-corrected chi connectivity index (χ4v) is 3.68. The van der Waals surface area contributed by atoms with E-state index in [9.17, 15) is 22.8 Å². The van der Waals surface area contributed by atoms with Crippen LogP contribution >= 0.6 is 0 Å². The molecular weight excluding hydrogens is 421 g/mol. The molecule has 3 rings (SSSR count). The van der Waals surface area contributed by atoms with Crippen molar-refractivity contribution in [1.82, 2.24) is 4.90 Å². The number of hydrogen-bond acceptors (Lipinski definition) is 3. The molecule has 172 valence electrons. The highest BCUT2D eigenvalue weighted by molar-refractivity contribution is 5.95. The number of carbonyl (C=O) groups is 2. The van der Waals surface area contributed by atoms with Gasteiger partial charge in [-0.2, -0.15) is 13.2 Å². The second kappa shape index (κ2) is 10.2. The van der Waals surface area contributed by atoms with Gasteiger partial charge in [0.15, 0.2) is 0 Å². The van der Waals surface area contributed by atoms with Crippen molar-refractivity contribution in [3.05, 3.63) is 64.7 Å². The summed E-state index contributed by atoms with van der Waals surface area (Å²) < 4.78 is 44.6. The summed E-state index contributed by atoms with van der Waals surface area (Å²) in [5.74, 6) is -0.787. The molecule has 8 heteroatoms. The van der Waals surface area contributed by atoms with E-state index in [1.54, 1.807) is 6.07 Å². The zero-order valence-corrected chi connectivity index (χ0v) is 18.2. The van der Waals surface area contributed by atoms with Crippen molar-refractivity contribution in [3.63, 3.8) is 0 Å². The minimum absolute atomic E-state index is 0.186. The molecule has 0 aliphatic carbocycles. The van der Waals surface area contributed by atoms with Gasteiger partial charge < -0.3 is 15.0 Å². The van der Waals surface area contributed by atoms with Gasteiger partial charge in [0.1, 0.15) is 0 Å². The molecule has 32 heavy (non-hydrogen) atoms. The van der Waals surface area contributed by atoms with Crippen LogP contribution in [0.4, 0.5) is 18.9 Å². The number of benzene rings is 2. The second-order valence-electron chi connectivity index (χ2n) is 8.08. The largest absolute Gasteiger partial charge is 0.416 e. The number of nitrogens with one attached hydrogen (secondary N) is 1. The van der Waals surface area contributed by atoms with Crippen LogP contribution in [0.1, 0.15) is 35.1 Å². The van der Waals surface area contributed by atoms with Crippen LogP contribution in [0.15, 0.2) is 42.5 Å². The SMILES string of the molecule is Cc1cccc(NC(=O)CN(CC2CCCO2)C(=O)Cc2cccc(C(F)(F)F)c2)c1C.